The Labute approximate surface area is 244 Å². The van der Waals surface area contributed by atoms with Crippen LogP contribution in [0, 0.1) is 17.8 Å². The quantitative estimate of drug-likeness (QED) is 0.236. The van der Waals surface area contributed by atoms with Crippen LogP contribution in [0.15, 0.2) is 36.5 Å². The molecule has 2 aliphatic rings. The highest BCUT2D eigenvalue weighted by atomic mass is 16.2. The second-order valence-electron chi connectivity index (χ2n) is 13.0. The van der Waals surface area contributed by atoms with Crippen LogP contribution in [0.4, 0.5) is 0 Å². The number of piperidine rings is 1. The van der Waals surface area contributed by atoms with Crippen LogP contribution in [0.2, 0.25) is 0 Å². The minimum absolute atomic E-state index is 0.124. The third-order valence-corrected chi connectivity index (χ3v) is 9.94. The summed E-state index contributed by atoms with van der Waals surface area (Å²) >= 11 is 0. The number of ketones is 1. The average molecular weight is 558 g/mol. The SMILES string of the molecule is CCC(=O)CCCCC[C@H](NC(=O)C1(C)CC12CCN(C(C)C)CC2)c1ncc(-c2ccc3nc(C)ccc3c2)[nH]1. The van der Waals surface area contributed by atoms with E-state index in [1.54, 1.807) is 0 Å². The van der Waals surface area contributed by atoms with E-state index in [1.165, 1.54) is 0 Å². The Kier molecular flexibility index (Phi) is 8.65. The molecule has 2 fully saturated rings. The summed E-state index contributed by atoms with van der Waals surface area (Å²) in [4.78, 5) is 41.1. The van der Waals surface area contributed by atoms with Crippen molar-refractivity contribution in [3.8, 4) is 11.3 Å². The Morgan fingerprint density at radius 2 is 1.88 bits per heavy atom. The van der Waals surface area contributed by atoms with Crippen molar-refractivity contribution in [3.05, 3.63) is 48.0 Å². The van der Waals surface area contributed by atoms with Gasteiger partial charge >= 0.3 is 0 Å². The molecule has 1 saturated carbocycles. The number of aryl methyl sites for hydroxylation is 1. The van der Waals surface area contributed by atoms with E-state index in [9.17, 15) is 9.59 Å². The Morgan fingerprint density at radius 1 is 1.10 bits per heavy atom. The largest absolute Gasteiger partial charge is 0.346 e. The predicted octanol–water partition coefficient (Wildman–Crippen LogP) is 6.92. The molecule has 41 heavy (non-hydrogen) atoms. The van der Waals surface area contributed by atoms with E-state index in [-0.39, 0.29) is 22.8 Å². The topological polar surface area (TPSA) is 91.0 Å². The maximum absolute atomic E-state index is 13.8. The molecule has 2 N–H and O–H groups in total. The van der Waals surface area contributed by atoms with Gasteiger partial charge in [0.2, 0.25) is 5.91 Å². The molecule has 2 atom stereocenters. The molecule has 1 spiro atoms. The number of hydrogen-bond donors (Lipinski definition) is 2. The number of H-pyrrole nitrogens is 1. The highest BCUT2D eigenvalue weighted by Gasteiger charge is 2.68. The van der Waals surface area contributed by atoms with Crippen molar-refractivity contribution in [1.29, 1.82) is 0 Å². The molecule has 0 radical (unpaired) electrons. The van der Waals surface area contributed by atoms with Crippen LogP contribution < -0.4 is 5.32 Å². The fourth-order valence-electron chi connectivity index (χ4n) is 6.83. The van der Waals surface area contributed by atoms with Crippen molar-refractivity contribution >= 4 is 22.6 Å². The number of unbranched alkanes of at least 4 members (excludes halogenated alkanes) is 2. The number of rotatable bonds is 12. The summed E-state index contributed by atoms with van der Waals surface area (Å²) in [6, 6.07) is 10.8. The van der Waals surface area contributed by atoms with Crippen molar-refractivity contribution in [3.63, 3.8) is 0 Å². The van der Waals surface area contributed by atoms with Gasteiger partial charge in [-0.15, -0.1) is 0 Å². The standard InChI is InChI=1S/C34H47N5O2/c1-6-27(40)10-8-7-9-11-29(38-32(41)33(5)22-34(33)16-18-39(19-17-34)23(2)3)31-35-21-30(37-31)26-14-15-28-25(20-26)13-12-24(4)36-28/h12-15,20-21,23,29H,6-11,16-19,22H2,1-5H3,(H,35,37)(H,38,41)/t29-,33?/m0/s1. The Morgan fingerprint density at radius 3 is 2.61 bits per heavy atom. The van der Waals surface area contributed by atoms with Crippen LogP contribution in [-0.4, -0.2) is 50.7 Å². The number of imidazole rings is 1. The third kappa shape index (κ3) is 6.25. The Balaban J connectivity index is 1.30. The lowest BCUT2D eigenvalue weighted by Gasteiger charge is -2.37. The van der Waals surface area contributed by atoms with Crippen LogP contribution in [0.25, 0.3) is 22.2 Å². The maximum Gasteiger partial charge on any atom is 0.227 e. The molecule has 7 nitrogen and oxygen atoms in total. The molecule has 7 heteroatoms. The van der Waals surface area contributed by atoms with Crippen LogP contribution in [0.3, 0.4) is 0 Å². The number of nitrogens with one attached hydrogen (secondary N) is 2. The third-order valence-electron chi connectivity index (χ3n) is 9.94. The van der Waals surface area contributed by atoms with Gasteiger partial charge in [-0.2, -0.15) is 0 Å². The second kappa shape index (κ2) is 12.0. The van der Waals surface area contributed by atoms with Crippen molar-refractivity contribution in [2.45, 2.75) is 104 Å². The van der Waals surface area contributed by atoms with E-state index in [2.05, 4.69) is 59.2 Å². The van der Waals surface area contributed by atoms with Gasteiger partial charge in [0, 0.05) is 35.5 Å². The Hall–Kier alpha value is -3.06. The van der Waals surface area contributed by atoms with E-state index in [1.807, 2.05) is 32.2 Å². The van der Waals surface area contributed by atoms with Crippen LogP contribution in [0.5, 0.6) is 0 Å². The number of pyridine rings is 1. The molecule has 5 rings (SSSR count). The first-order valence-electron chi connectivity index (χ1n) is 15.6. The summed E-state index contributed by atoms with van der Waals surface area (Å²) in [5, 5.41) is 4.52. The molecule has 1 amide bonds. The number of aromatic nitrogens is 3. The number of likely N-dealkylation sites (tertiary alicyclic amines) is 1. The fraction of sp³-hybridized carbons (Fsp3) is 0.588. The first kappa shape index (κ1) is 29.4. The summed E-state index contributed by atoms with van der Waals surface area (Å²) in [6.07, 6.45) is 9.86. The summed E-state index contributed by atoms with van der Waals surface area (Å²) in [7, 11) is 0. The first-order valence-corrected chi connectivity index (χ1v) is 15.6. The number of benzene rings is 1. The lowest BCUT2D eigenvalue weighted by molar-refractivity contribution is -0.128. The normalized spacial score (nSPS) is 20.9. The van der Waals surface area contributed by atoms with Crippen molar-refractivity contribution < 1.29 is 9.59 Å². The van der Waals surface area contributed by atoms with Gasteiger partial charge in [-0.05, 0) is 89.6 Å². The highest BCUT2D eigenvalue weighted by Crippen LogP contribution is 2.69. The molecular formula is C34H47N5O2. The lowest BCUT2D eigenvalue weighted by atomic mass is 9.84. The number of carbonyl (C=O) groups excluding carboxylic acids is 2. The number of hydrogen-bond acceptors (Lipinski definition) is 5. The molecular weight excluding hydrogens is 510 g/mol. The van der Waals surface area contributed by atoms with Gasteiger partial charge in [-0.3, -0.25) is 14.6 Å². The summed E-state index contributed by atoms with van der Waals surface area (Å²) in [5.41, 5.74) is 3.77. The fourth-order valence-corrected chi connectivity index (χ4v) is 6.83. The highest BCUT2D eigenvalue weighted by molar-refractivity contribution is 5.87. The zero-order chi connectivity index (χ0) is 29.2. The molecule has 2 aromatic heterocycles. The number of nitrogens with zero attached hydrogens (tertiary/aromatic N) is 3. The van der Waals surface area contributed by atoms with E-state index in [0.29, 0.717) is 24.7 Å². The lowest BCUT2D eigenvalue weighted by Crippen LogP contribution is -2.43. The second-order valence-corrected chi connectivity index (χ2v) is 13.0. The minimum atomic E-state index is -0.319. The summed E-state index contributed by atoms with van der Waals surface area (Å²) in [5.74, 6) is 1.28. The van der Waals surface area contributed by atoms with Crippen molar-refractivity contribution in [1.82, 2.24) is 25.2 Å². The van der Waals surface area contributed by atoms with Gasteiger partial charge in [0.05, 0.1) is 28.9 Å². The average Bonchev–Trinajstić information content (AvgIpc) is 3.29. The van der Waals surface area contributed by atoms with Crippen LogP contribution >= 0.6 is 0 Å². The molecule has 220 valence electrons. The van der Waals surface area contributed by atoms with Gasteiger partial charge < -0.3 is 15.2 Å². The molecule has 0 bridgehead atoms. The van der Waals surface area contributed by atoms with Crippen LogP contribution in [-0.2, 0) is 9.59 Å². The molecule has 1 saturated heterocycles. The van der Waals surface area contributed by atoms with Gasteiger partial charge in [-0.1, -0.05) is 38.8 Å². The van der Waals surface area contributed by atoms with Crippen molar-refractivity contribution in [2.24, 2.45) is 10.8 Å². The Bertz CT molecular complexity index is 1390. The van der Waals surface area contributed by atoms with Gasteiger partial charge in [0.15, 0.2) is 0 Å². The van der Waals surface area contributed by atoms with E-state index >= 15 is 0 Å². The molecule has 1 aromatic carbocycles. The molecule has 3 heterocycles. The summed E-state index contributed by atoms with van der Waals surface area (Å²) < 4.78 is 0. The van der Waals surface area contributed by atoms with Crippen molar-refractivity contribution in [2.75, 3.05) is 13.1 Å². The number of Topliss-reactive ketones (excluding diaryl/α,β-unsaturated/α-hetero) is 1. The number of fused-ring (bicyclic) bond motifs is 1. The minimum Gasteiger partial charge on any atom is -0.346 e. The monoisotopic (exact) mass is 557 g/mol. The summed E-state index contributed by atoms with van der Waals surface area (Å²) in [6.45, 7) is 12.8. The molecule has 3 aromatic rings. The van der Waals surface area contributed by atoms with Gasteiger partial charge in [-0.25, -0.2) is 4.98 Å². The molecule has 1 aliphatic heterocycles. The van der Waals surface area contributed by atoms with Gasteiger partial charge in [0.25, 0.3) is 0 Å². The van der Waals surface area contributed by atoms with E-state index < -0.39 is 0 Å². The first-order chi connectivity index (χ1) is 19.6. The number of carbonyl (C=O) groups is 2. The molecule has 1 aliphatic carbocycles. The zero-order valence-corrected chi connectivity index (χ0v) is 25.6. The smallest absolute Gasteiger partial charge is 0.227 e. The zero-order valence-electron chi connectivity index (χ0n) is 25.6. The van der Waals surface area contributed by atoms with Gasteiger partial charge in [0.1, 0.15) is 11.6 Å². The number of amides is 1. The predicted molar refractivity (Wildman–Crippen MR) is 164 cm³/mol. The maximum atomic E-state index is 13.8. The van der Waals surface area contributed by atoms with E-state index in [4.69, 9.17) is 4.98 Å². The number of aromatic amines is 1. The molecule has 1 unspecified atom stereocenters. The van der Waals surface area contributed by atoms with Crippen LogP contribution in [0.1, 0.15) is 103 Å². The van der Waals surface area contributed by atoms with E-state index in [0.717, 1.165) is 91.7 Å².